The Morgan fingerprint density at radius 3 is 2.65 bits per heavy atom. The van der Waals surface area contributed by atoms with Crippen molar-refractivity contribution in [3.8, 4) is 0 Å². The molecule has 0 aliphatic heterocycles. The predicted octanol–water partition coefficient (Wildman–Crippen LogP) is 0.612. The van der Waals surface area contributed by atoms with Gasteiger partial charge in [0, 0.05) is 12.2 Å². The molecule has 0 heterocycles. The molecule has 0 saturated carbocycles. The molecule has 1 rings (SSSR count). The second-order valence-electron chi connectivity index (χ2n) is 3.39. The van der Waals surface area contributed by atoms with Crippen LogP contribution in [0.1, 0.15) is 5.56 Å². The van der Waals surface area contributed by atoms with Gasteiger partial charge in [0.2, 0.25) is 0 Å². The molecule has 0 spiro atoms. The Morgan fingerprint density at radius 1 is 1.29 bits per heavy atom. The van der Waals surface area contributed by atoms with Gasteiger partial charge in [0.05, 0.1) is 0 Å². The summed E-state index contributed by atoms with van der Waals surface area (Å²) in [6.07, 6.45) is 0. The molecule has 92 valence electrons. The van der Waals surface area contributed by atoms with Gasteiger partial charge in [-0.3, -0.25) is 4.79 Å². The molecule has 6 nitrogen and oxygen atoms in total. The molecule has 0 saturated heterocycles. The highest BCUT2D eigenvalue weighted by Gasteiger charge is 2.06. The molecule has 0 unspecified atom stereocenters. The first kappa shape index (κ1) is 13.0. The fraction of sp³-hybridized carbons (Fsp3) is 0.273. The zero-order chi connectivity index (χ0) is 12.7. The van der Waals surface area contributed by atoms with Crippen LogP contribution < -0.4 is 16.0 Å². The molecule has 0 radical (unpaired) electrons. The average Bonchev–Trinajstić information content (AvgIpc) is 2.29. The SMILES string of the molecule is CNCc1ccccc1NC(=O)NCC(=O)O. The Morgan fingerprint density at radius 2 is 2.00 bits per heavy atom. The molecule has 0 aliphatic rings. The van der Waals surface area contributed by atoms with Gasteiger partial charge in [-0.05, 0) is 18.7 Å². The summed E-state index contributed by atoms with van der Waals surface area (Å²) in [7, 11) is 1.81. The number of carboxylic acids is 1. The van der Waals surface area contributed by atoms with Crippen molar-refractivity contribution in [2.75, 3.05) is 18.9 Å². The Bertz CT molecular complexity index is 407. The van der Waals surface area contributed by atoms with Gasteiger partial charge in [-0.15, -0.1) is 0 Å². The summed E-state index contributed by atoms with van der Waals surface area (Å²) in [5.74, 6) is -1.08. The lowest BCUT2D eigenvalue weighted by atomic mass is 10.2. The molecule has 0 aliphatic carbocycles. The second-order valence-corrected chi connectivity index (χ2v) is 3.39. The molecule has 1 aromatic rings. The maximum atomic E-state index is 11.4. The van der Waals surface area contributed by atoms with E-state index in [-0.39, 0.29) is 0 Å². The average molecular weight is 237 g/mol. The van der Waals surface area contributed by atoms with E-state index < -0.39 is 18.5 Å². The van der Waals surface area contributed by atoms with Gasteiger partial charge >= 0.3 is 12.0 Å². The van der Waals surface area contributed by atoms with Crippen LogP contribution in [0, 0.1) is 0 Å². The van der Waals surface area contributed by atoms with Gasteiger partial charge < -0.3 is 21.1 Å². The summed E-state index contributed by atoms with van der Waals surface area (Å²) in [5.41, 5.74) is 1.59. The van der Waals surface area contributed by atoms with Gasteiger partial charge in [0.25, 0.3) is 0 Å². The van der Waals surface area contributed by atoms with E-state index in [1.807, 2.05) is 12.1 Å². The Kier molecular flexibility index (Phi) is 4.96. The topological polar surface area (TPSA) is 90.5 Å². The van der Waals surface area contributed by atoms with Crippen molar-refractivity contribution in [1.82, 2.24) is 10.6 Å². The highest BCUT2D eigenvalue weighted by molar-refractivity contribution is 5.91. The van der Waals surface area contributed by atoms with Crippen LogP contribution in [-0.4, -0.2) is 30.7 Å². The minimum atomic E-state index is -1.08. The number of nitrogens with one attached hydrogen (secondary N) is 3. The molecular formula is C11H15N3O3. The first-order chi connectivity index (χ1) is 8.13. The fourth-order valence-corrected chi connectivity index (χ4v) is 1.31. The van der Waals surface area contributed by atoms with Gasteiger partial charge in [-0.25, -0.2) is 4.79 Å². The van der Waals surface area contributed by atoms with Gasteiger partial charge in [0.1, 0.15) is 6.54 Å². The maximum absolute atomic E-state index is 11.4. The van der Waals surface area contributed by atoms with Crippen molar-refractivity contribution < 1.29 is 14.7 Å². The maximum Gasteiger partial charge on any atom is 0.323 e. The number of anilines is 1. The zero-order valence-electron chi connectivity index (χ0n) is 9.49. The minimum Gasteiger partial charge on any atom is -0.480 e. The van der Waals surface area contributed by atoms with Crippen LogP contribution in [0.25, 0.3) is 0 Å². The number of carbonyl (C=O) groups is 2. The van der Waals surface area contributed by atoms with E-state index in [1.54, 1.807) is 19.2 Å². The lowest BCUT2D eigenvalue weighted by Crippen LogP contribution is -2.33. The van der Waals surface area contributed by atoms with Crippen molar-refractivity contribution >= 4 is 17.7 Å². The van der Waals surface area contributed by atoms with Crippen molar-refractivity contribution in [2.45, 2.75) is 6.54 Å². The normalized spacial score (nSPS) is 9.71. The van der Waals surface area contributed by atoms with E-state index in [0.717, 1.165) is 5.56 Å². The van der Waals surface area contributed by atoms with E-state index in [0.29, 0.717) is 12.2 Å². The molecule has 6 heteroatoms. The molecule has 0 atom stereocenters. The number of carboxylic acid groups (broad SMARTS) is 1. The van der Waals surface area contributed by atoms with Crippen LogP contribution in [-0.2, 0) is 11.3 Å². The quantitative estimate of drug-likeness (QED) is 0.604. The third-order valence-electron chi connectivity index (χ3n) is 2.03. The third-order valence-corrected chi connectivity index (χ3v) is 2.03. The number of benzene rings is 1. The summed E-state index contributed by atoms with van der Waals surface area (Å²) < 4.78 is 0. The second kappa shape index (κ2) is 6.49. The molecule has 0 bridgehead atoms. The molecule has 4 N–H and O–H groups in total. The monoisotopic (exact) mass is 237 g/mol. The standard InChI is InChI=1S/C11H15N3O3/c1-12-6-8-4-2-3-5-9(8)14-11(17)13-7-10(15)16/h2-5,12H,6-7H2,1H3,(H,15,16)(H2,13,14,17). The van der Waals surface area contributed by atoms with Crippen molar-refractivity contribution in [3.63, 3.8) is 0 Å². The first-order valence-corrected chi connectivity index (χ1v) is 5.12. The molecule has 17 heavy (non-hydrogen) atoms. The minimum absolute atomic E-state index is 0.403. The van der Waals surface area contributed by atoms with E-state index in [1.165, 1.54) is 0 Å². The van der Waals surface area contributed by atoms with E-state index in [2.05, 4.69) is 16.0 Å². The van der Waals surface area contributed by atoms with E-state index in [4.69, 9.17) is 5.11 Å². The molecule has 1 aromatic carbocycles. The Balaban J connectivity index is 2.61. The molecule has 2 amide bonds. The number of amides is 2. The first-order valence-electron chi connectivity index (χ1n) is 5.12. The fourth-order valence-electron chi connectivity index (χ4n) is 1.31. The summed E-state index contributed by atoms with van der Waals surface area (Å²) in [6, 6.07) is 6.77. The van der Waals surface area contributed by atoms with Crippen molar-refractivity contribution in [3.05, 3.63) is 29.8 Å². The summed E-state index contributed by atoms with van der Waals surface area (Å²) >= 11 is 0. The van der Waals surface area contributed by atoms with E-state index >= 15 is 0 Å². The highest BCUT2D eigenvalue weighted by Crippen LogP contribution is 2.14. The summed E-state index contributed by atoms with van der Waals surface area (Å²) in [6.45, 7) is 0.218. The number of carbonyl (C=O) groups excluding carboxylic acids is 1. The number of aliphatic carboxylic acids is 1. The summed E-state index contributed by atoms with van der Waals surface area (Å²) in [4.78, 5) is 21.6. The largest absolute Gasteiger partial charge is 0.480 e. The van der Waals surface area contributed by atoms with Gasteiger partial charge in [-0.2, -0.15) is 0 Å². The van der Waals surface area contributed by atoms with Gasteiger partial charge in [0.15, 0.2) is 0 Å². The van der Waals surface area contributed by atoms with E-state index in [9.17, 15) is 9.59 Å². The predicted molar refractivity (Wildman–Crippen MR) is 63.9 cm³/mol. The Labute approximate surface area is 99.0 Å². The molecule has 0 fully saturated rings. The highest BCUT2D eigenvalue weighted by atomic mass is 16.4. The van der Waals surface area contributed by atoms with Crippen LogP contribution in [0.5, 0.6) is 0 Å². The number of hydrogen-bond acceptors (Lipinski definition) is 3. The van der Waals surface area contributed by atoms with Crippen LogP contribution in [0.15, 0.2) is 24.3 Å². The number of urea groups is 1. The number of rotatable bonds is 5. The lowest BCUT2D eigenvalue weighted by molar-refractivity contribution is -0.135. The molecule has 0 aromatic heterocycles. The smallest absolute Gasteiger partial charge is 0.323 e. The molecular weight excluding hydrogens is 222 g/mol. The van der Waals surface area contributed by atoms with Crippen molar-refractivity contribution in [2.24, 2.45) is 0 Å². The lowest BCUT2D eigenvalue weighted by Gasteiger charge is -2.10. The van der Waals surface area contributed by atoms with Crippen molar-refractivity contribution in [1.29, 1.82) is 0 Å². The third kappa shape index (κ3) is 4.52. The van der Waals surface area contributed by atoms with Crippen LogP contribution in [0.3, 0.4) is 0 Å². The Hall–Kier alpha value is -2.08. The number of para-hydroxylation sites is 1. The summed E-state index contributed by atoms with van der Waals surface area (Å²) in [5, 5.41) is 16.2. The van der Waals surface area contributed by atoms with Crippen LogP contribution in [0.4, 0.5) is 10.5 Å². The van der Waals surface area contributed by atoms with Crippen LogP contribution in [0.2, 0.25) is 0 Å². The van der Waals surface area contributed by atoms with Crippen LogP contribution >= 0.6 is 0 Å². The van der Waals surface area contributed by atoms with Gasteiger partial charge in [-0.1, -0.05) is 18.2 Å². The zero-order valence-corrected chi connectivity index (χ0v) is 9.49. The number of hydrogen-bond donors (Lipinski definition) is 4.